The highest BCUT2D eigenvalue weighted by molar-refractivity contribution is 6.04. The number of Topliss-reactive ketones (excluding diaryl/α,β-unsaturated/α-hetero) is 1. The van der Waals surface area contributed by atoms with Gasteiger partial charge in [-0.05, 0) is 63.4 Å². The Morgan fingerprint density at radius 3 is 2.52 bits per heavy atom. The minimum Gasteiger partial charge on any atom is -0.496 e. The van der Waals surface area contributed by atoms with Gasteiger partial charge in [0.05, 0.1) is 12.7 Å². The summed E-state index contributed by atoms with van der Waals surface area (Å²) in [6, 6.07) is 4.05. The van der Waals surface area contributed by atoms with E-state index in [1.54, 1.807) is 7.11 Å². The van der Waals surface area contributed by atoms with Gasteiger partial charge >= 0.3 is 0 Å². The Balaban J connectivity index is 2.46. The fourth-order valence-electron chi connectivity index (χ4n) is 3.62. The third kappa shape index (κ3) is 3.13. The van der Waals surface area contributed by atoms with E-state index in [0.717, 1.165) is 61.2 Å². The van der Waals surface area contributed by atoms with Crippen molar-refractivity contribution in [2.75, 3.05) is 20.2 Å². The standard InChI is InChI=1S/C18H27NO2/c1-5-6-18(7-9-19-10-8-18)17(20)16-14(3)11-13(2)12-15(16)21-4/h11-12,19H,5-10H2,1-4H3. The molecular formula is C18H27NO2. The molecule has 0 aromatic heterocycles. The van der Waals surface area contributed by atoms with Gasteiger partial charge in [0.15, 0.2) is 5.78 Å². The van der Waals surface area contributed by atoms with Gasteiger partial charge in [-0.15, -0.1) is 0 Å². The number of piperidine rings is 1. The summed E-state index contributed by atoms with van der Waals surface area (Å²) >= 11 is 0. The smallest absolute Gasteiger partial charge is 0.173 e. The van der Waals surface area contributed by atoms with Crippen LogP contribution in [0.2, 0.25) is 0 Å². The summed E-state index contributed by atoms with van der Waals surface area (Å²) in [5.41, 5.74) is 2.74. The summed E-state index contributed by atoms with van der Waals surface area (Å²) in [5.74, 6) is 1.01. The molecule has 1 fully saturated rings. The summed E-state index contributed by atoms with van der Waals surface area (Å²) in [5, 5.41) is 3.37. The number of hydrogen-bond donors (Lipinski definition) is 1. The lowest BCUT2D eigenvalue weighted by Gasteiger charge is -2.37. The molecule has 1 aromatic carbocycles. The van der Waals surface area contributed by atoms with Gasteiger partial charge in [-0.1, -0.05) is 19.4 Å². The van der Waals surface area contributed by atoms with Crippen LogP contribution in [0.15, 0.2) is 12.1 Å². The van der Waals surface area contributed by atoms with Crippen molar-refractivity contribution < 1.29 is 9.53 Å². The molecule has 3 nitrogen and oxygen atoms in total. The average Bonchev–Trinajstić information content (AvgIpc) is 2.47. The van der Waals surface area contributed by atoms with E-state index in [0.29, 0.717) is 0 Å². The fraction of sp³-hybridized carbons (Fsp3) is 0.611. The van der Waals surface area contributed by atoms with Crippen molar-refractivity contribution in [3.05, 3.63) is 28.8 Å². The summed E-state index contributed by atoms with van der Waals surface area (Å²) in [6.45, 7) is 8.08. The van der Waals surface area contributed by atoms with Crippen LogP contribution in [0.3, 0.4) is 0 Å². The number of ether oxygens (including phenoxy) is 1. The first-order valence-corrected chi connectivity index (χ1v) is 7.95. The van der Waals surface area contributed by atoms with Gasteiger partial charge < -0.3 is 10.1 Å². The van der Waals surface area contributed by atoms with E-state index in [9.17, 15) is 4.79 Å². The number of hydrogen-bond acceptors (Lipinski definition) is 3. The Labute approximate surface area is 128 Å². The fourth-order valence-corrected chi connectivity index (χ4v) is 3.62. The molecular weight excluding hydrogens is 262 g/mol. The number of aryl methyl sites for hydroxylation is 2. The van der Waals surface area contributed by atoms with E-state index in [2.05, 4.69) is 18.3 Å². The van der Waals surface area contributed by atoms with E-state index in [1.165, 1.54) is 0 Å². The van der Waals surface area contributed by atoms with Crippen LogP contribution < -0.4 is 10.1 Å². The summed E-state index contributed by atoms with van der Waals surface area (Å²) in [6.07, 6.45) is 3.86. The van der Waals surface area contributed by atoms with E-state index in [1.807, 2.05) is 19.9 Å². The molecule has 0 aliphatic carbocycles. The van der Waals surface area contributed by atoms with Gasteiger partial charge in [0.25, 0.3) is 0 Å². The molecule has 0 amide bonds. The number of methoxy groups -OCH3 is 1. The van der Waals surface area contributed by atoms with Gasteiger partial charge in [-0.2, -0.15) is 0 Å². The molecule has 1 heterocycles. The first kappa shape index (κ1) is 16.0. The molecule has 1 aliphatic rings. The van der Waals surface area contributed by atoms with E-state index in [4.69, 9.17) is 4.74 Å². The van der Waals surface area contributed by atoms with Crippen molar-refractivity contribution in [3.8, 4) is 5.75 Å². The van der Waals surface area contributed by atoms with Crippen LogP contribution in [0.5, 0.6) is 5.75 Å². The van der Waals surface area contributed by atoms with Crippen molar-refractivity contribution in [1.82, 2.24) is 5.32 Å². The first-order valence-electron chi connectivity index (χ1n) is 7.95. The Morgan fingerprint density at radius 1 is 1.29 bits per heavy atom. The van der Waals surface area contributed by atoms with Crippen molar-refractivity contribution in [1.29, 1.82) is 0 Å². The van der Waals surface area contributed by atoms with Crippen LogP contribution >= 0.6 is 0 Å². The van der Waals surface area contributed by atoms with Gasteiger partial charge in [0.1, 0.15) is 5.75 Å². The third-order valence-electron chi connectivity index (χ3n) is 4.66. The molecule has 0 atom stereocenters. The Kier molecular flexibility index (Phi) is 5.04. The van der Waals surface area contributed by atoms with Gasteiger partial charge in [-0.3, -0.25) is 4.79 Å². The van der Waals surface area contributed by atoms with Gasteiger partial charge in [0, 0.05) is 5.41 Å². The largest absolute Gasteiger partial charge is 0.496 e. The van der Waals surface area contributed by atoms with Crippen LogP contribution in [0.25, 0.3) is 0 Å². The summed E-state index contributed by atoms with van der Waals surface area (Å²) < 4.78 is 5.51. The maximum absolute atomic E-state index is 13.3. The zero-order valence-electron chi connectivity index (χ0n) is 13.7. The second-order valence-corrected chi connectivity index (χ2v) is 6.27. The maximum atomic E-state index is 13.3. The van der Waals surface area contributed by atoms with E-state index >= 15 is 0 Å². The first-order chi connectivity index (χ1) is 10.0. The van der Waals surface area contributed by atoms with Gasteiger partial charge in [-0.25, -0.2) is 0 Å². The van der Waals surface area contributed by atoms with Crippen LogP contribution in [0, 0.1) is 19.3 Å². The van der Waals surface area contributed by atoms with E-state index < -0.39 is 0 Å². The molecule has 21 heavy (non-hydrogen) atoms. The normalized spacial score (nSPS) is 17.5. The quantitative estimate of drug-likeness (QED) is 0.841. The molecule has 1 N–H and O–H groups in total. The molecule has 1 aliphatic heterocycles. The van der Waals surface area contributed by atoms with Crippen molar-refractivity contribution in [3.63, 3.8) is 0 Å². The Bertz CT molecular complexity index is 511. The molecule has 0 radical (unpaired) electrons. The number of carbonyl (C=O) groups is 1. The van der Waals surface area contributed by atoms with Crippen molar-refractivity contribution in [2.45, 2.75) is 46.5 Å². The predicted molar refractivity (Wildman–Crippen MR) is 86.2 cm³/mol. The number of nitrogens with one attached hydrogen (secondary N) is 1. The highest BCUT2D eigenvalue weighted by Gasteiger charge is 2.40. The summed E-state index contributed by atoms with van der Waals surface area (Å²) in [4.78, 5) is 13.3. The van der Waals surface area contributed by atoms with Crippen molar-refractivity contribution >= 4 is 5.78 Å². The monoisotopic (exact) mass is 289 g/mol. The van der Waals surface area contributed by atoms with Crippen LogP contribution in [-0.2, 0) is 0 Å². The zero-order chi connectivity index (χ0) is 15.5. The SMILES string of the molecule is CCCC1(C(=O)c2c(C)cc(C)cc2OC)CCNCC1. The van der Waals surface area contributed by atoms with E-state index in [-0.39, 0.29) is 11.2 Å². The molecule has 0 bridgehead atoms. The lowest BCUT2D eigenvalue weighted by Crippen LogP contribution is -2.42. The lowest BCUT2D eigenvalue weighted by molar-refractivity contribution is 0.0700. The maximum Gasteiger partial charge on any atom is 0.173 e. The van der Waals surface area contributed by atoms with Crippen LogP contribution in [-0.4, -0.2) is 26.0 Å². The number of ketones is 1. The Morgan fingerprint density at radius 2 is 1.95 bits per heavy atom. The number of carbonyl (C=O) groups excluding carboxylic acids is 1. The lowest BCUT2D eigenvalue weighted by atomic mass is 9.69. The van der Waals surface area contributed by atoms with Crippen LogP contribution in [0.4, 0.5) is 0 Å². The highest BCUT2D eigenvalue weighted by atomic mass is 16.5. The molecule has 3 heteroatoms. The highest BCUT2D eigenvalue weighted by Crippen LogP contribution is 2.40. The minimum atomic E-state index is -0.215. The third-order valence-corrected chi connectivity index (χ3v) is 4.66. The van der Waals surface area contributed by atoms with Crippen molar-refractivity contribution in [2.24, 2.45) is 5.41 Å². The topological polar surface area (TPSA) is 38.3 Å². The molecule has 1 aromatic rings. The molecule has 0 spiro atoms. The molecule has 1 saturated heterocycles. The predicted octanol–water partition coefficient (Wildman–Crippen LogP) is 3.66. The second kappa shape index (κ2) is 6.61. The molecule has 2 rings (SSSR count). The molecule has 116 valence electrons. The molecule has 0 unspecified atom stereocenters. The van der Waals surface area contributed by atoms with Gasteiger partial charge in [0.2, 0.25) is 0 Å². The summed E-state index contributed by atoms with van der Waals surface area (Å²) in [7, 11) is 1.65. The minimum absolute atomic E-state index is 0.215. The number of rotatable bonds is 5. The number of benzene rings is 1. The molecule has 0 saturated carbocycles. The zero-order valence-corrected chi connectivity index (χ0v) is 13.7. The second-order valence-electron chi connectivity index (χ2n) is 6.27. The Hall–Kier alpha value is -1.35. The average molecular weight is 289 g/mol. The van der Waals surface area contributed by atoms with Crippen LogP contribution in [0.1, 0.15) is 54.1 Å².